The number of hydrogen-bond donors (Lipinski definition) is 0. The van der Waals surface area contributed by atoms with Crippen LogP contribution in [0.2, 0.25) is 18.1 Å². The van der Waals surface area contributed by atoms with Crippen LogP contribution >= 0.6 is 0 Å². The van der Waals surface area contributed by atoms with Crippen molar-refractivity contribution in [3.8, 4) is 11.5 Å². The lowest BCUT2D eigenvalue weighted by Crippen LogP contribution is -2.51. The molecule has 1 aromatic carbocycles. The topological polar surface area (TPSA) is 52.6 Å². The summed E-state index contributed by atoms with van der Waals surface area (Å²) in [6, 6.07) is 4.21. The Hall–Kier alpha value is -1.22. The Morgan fingerprint density at radius 3 is 1.91 bits per heavy atom. The van der Waals surface area contributed by atoms with Gasteiger partial charge in [-0.1, -0.05) is 39.9 Å². The molecular formula is C14H21F3O4SSi. The Balaban J connectivity index is 3.60. The van der Waals surface area contributed by atoms with Crippen LogP contribution in [0.4, 0.5) is 13.2 Å². The maximum absolute atomic E-state index is 12.6. The van der Waals surface area contributed by atoms with Crippen LogP contribution in [0.3, 0.4) is 0 Å². The van der Waals surface area contributed by atoms with Gasteiger partial charge in [-0.25, -0.2) is 0 Å². The van der Waals surface area contributed by atoms with Gasteiger partial charge in [-0.3, -0.25) is 0 Å². The normalized spacial score (nSPS) is 13.8. The van der Waals surface area contributed by atoms with Gasteiger partial charge in [0.1, 0.15) is 11.5 Å². The quantitative estimate of drug-likeness (QED) is 0.461. The third-order valence-electron chi connectivity index (χ3n) is 4.19. The van der Waals surface area contributed by atoms with E-state index in [4.69, 9.17) is 4.74 Å². The molecule has 0 unspecified atom stereocenters. The Bertz CT molecular complexity index is 676. The summed E-state index contributed by atoms with van der Waals surface area (Å²) in [5, 5.41) is 0.143. The summed E-state index contributed by atoms with van der Waals surface area (Å²) >= 11 is 0. The molecule has 0 aromatic heterocycles. The SMILES string of the molecule is COc1cccc(OS(=O)(=O)C(F)(F)F)c1[Si](C)(C)C(C)(C)C. The molecule has 0 heterocycles. The molecule has 0 aliphatic heterocycles. The van der Waals surface area contributed by atoms with Crippen molar-refractivity contribution in [3.05, 3.63) is 18.2 Å². The predicted molar refractivity (Wildman–Crippen MR) is 85.4 cm³/mol. The second kappa shape index (κ2) is 6.01. The molecule has 0 saturated carbocycles. The van der Waals surface area contributed by atoms with Gasteiger partial charge in [-0.15, -0.1) is 0 Å². The Morgan fingerprint density at radius 2 is 1.52 bits per heavy atom. The average Bonchev–Trinajstić information content (AvgIpc) is 2.34. The largest absolute Gasteiger partial charge is 0.534 e. The summed E-state index contributed by atoms with van der Waals surface area (Å²) in [6.07, 6.45) is 0. The average molecular weight is 370 g/mol. The van der Waals surface area contributed by atoms with Crippen molar-refractivity contribution in [1.29, 1.82) is 0 Å². The first-order valence-corrected chi connectivity index (χ1v) is 11.2. The van der Waals surface area contributed by atoms with Crippen molar-refractivity contribution in [2.24, 2.45) is 0 Å². The zero-order valence-electron chi connectivity index (χ0n) is 13.9. The van der Waals surface area contributed by atoms with Crippen LogP contribution in [-0.2, 0) is 10.1 Å². The zero-order valence-corrected chi connectivity index (χ0v) is 15.7. The van der Waals surface area contributed by atoms with Gasteiger partial charge in [0.15, 0.2) is 0 Å². The van der Waals surface area contributed by atoms with Gasteiger partial charge in [0.25, 0.3) is 0 Å². The first kappa shape index (κ1) is 19.8. The van der Waals surface area contributed by atoms with E-state index in [9.17, 15) is 21.6 Å². The fourth-order valence-corrected chi connectivity index (χ4v) is 4.75. The van der Waals surface area contributed by atoms with Gasteiger partial charge >= 0.3 is 15.6 Å². The molecule has 0 N–H and O–H groups in total. The molecule has 1 aromatic rings. The molecule has 0 bridgehead atoms. The molecule has 0 fully saturated rings. The maximum atomic E-state index is 12.6. The monoisotopic (exact) mass is 370 g/mol. The smallest absolute Gasteiger partial charge is 0.497 e. The van der Waals surface area contributed by atoms with E-state index < -0.39 is 23.7 Å². The number of alkyl halides is 3. The van der Waals surface area contributed by atoms with E-state index in [-0.39, 0.29) is 10.8 Å². The Kier molecular flexibility index (Phi) is 5.18. The highest BCUT2D eigenvalue weighted by Gasteiger charge is 2.50. The number of methoxy groups -OCH3 is 1. The van der Waals surface area contributed by atoms with Crippen molar-refractivity contribution in [2.75, 3.05) is 7.11 Å². The van der Waals surface area contributed by atoms with E-state index in [1.807, 2.05) is 33.9 Å². The lowest BCUT2D eigenvalue weighted by Gasteiger charge is -2.38. The summed E-state index contributed by atoms with van der Waals surface area (Å²) in [7, 11) is -6.79. The predicted octanol–water partition coefficient (Wildman–Crippen LogP) is 3.64. The standard InChI is InChI=1S/C14H21F3O4SSi/c1-13(2,3)23(5,6)12-10(20-4)8-7-9-11(12)21-22(18,19)14(15,16)17/h7-9H,1-6H3. The van der Waals surface area contributed by atoms with Crippen LogP contribution in [0.25, 0.3) is 0 Å². The minimum atomic E-state index is -5.74. The maximum Gasteiger partial charge on any atom is 0.534 e. The minimum absolute atomic E-state index is 0.262. The molecule has 9 heteroatoms. The first-order valence-electron chi connectivity index (χ1n) is 6.83. The van der Waals surface area contributed by atoms with Crippen LogP contribution in [0.1, 0.15) is 20.8 Å². The van der Waals surface area contributed by atoms with Crippen molar-refractivity contribution in [2.45, 2.75) is 44.4 Å². The number of halogens is 3. The Morgan fingerprint density at radius 1 is 1.04 bits per heavy atom. The lowest BCUT2D eigenvalue weighted by atomic mass is 10.2. The molecular weight excluding hydrogens is 349 g/mol. The second-order valence-corrected chi connectivity index (χ2v) is 13.5. The Labute approximate surface area is 135 Å². The van der Waals surface area contributed by atoms with Gasteiger partial charge in [0.2, 0.25) is 0 Å². The summed E-state index contributed by atoms with van der Waals surface area (Å²) in [5.74, 6) is -0.000247. The van der Waals surface area contributed by atoms with Crippen molar-refractivity contribution in [1.82, 2.24) is 0 Å². The van der Waals surface area contributed by atoms with Gasteiger partial charge < -0.3 is 8.92 Å². The highest BCUT2D eigenvalue weighted by Crippen LogP contribution is 2.40. The third kappa shape index (κ3) is 3.82. The van der Waals surface area contributed by atoms with Crippen molar-refractivity contribution < 1.29 is 30.5 Å². The summed E-state index contributed by atoms with van der Waals surface area (Å²) in [4.78, 5) is 0. The fourth-order valence-electron chi connectivity index (χ4n) is 1.91. The van der Waals surface area contributed by atoms with Gasteiger partial charge in [0.05, 0.1) is 15.2 Å². The molecule has 0 saturated heterocycles. The fraction of sp³-hybridized carbons (Fsp3) is 0.571. The van der Waals surface area contributed by atoms with Crippen LogP contribution in [0.15, 0.2) is 18.2 Å². The molecule has 0 atom stereocenters. The van der Waals surface area contributed by atoms with E-state index in [2.05, 4.69) is 4.18 Å². The molecule has 0 aliphatic carbocycles. The van der Waals surface area contributed by atoms with Crippen molar-refractivity contribution in [3.63, 3.8) is 0 Å². The number of benzene rings is 1. The van der Waals surface area contributed by atoms with E-state index in [0.717, 1.165) is 0 Å². The molecule has 23 heavy (non-hydrogen) atoms. The van der Waals surface area contributed by atoms with E-state index >= 15 is 0 Å². The van der Waals surface area contributed by atoms with E-state index in [0.29, 0.717) is 10.9 Å². The van der Waals surface area contributed by atoms with Gasteiger partial charge in [-0.2, -0.15) is 21.6 Å². The number of ether oxygens (including phenoxy) is 1. The van der Waals surface area contributed by atoms with Crippen LogP contribution < -0.4 is 14.1 Å². The minimum Gasteiger partial charge on any atom is -0.497 e. The molecule has 4 nitrogen and oxygen atoms in total. The summed E-state index contributed by atoms with van der Waals surface area (Å²) in [5.41, 5.74) is -5.49. The second-order valence-electron chi connectivity index (χ2n) is 6.69. The highest BCUT2D eigenvalue weighted by atomic mass is 32.2. The number of rotatable bonds is 4. The van der Waals surface area contributed by atoms with Crippen LogP contribution in [0.5, 0.6) is 11.5 Å². The lowest BCUT2D eigenvalue weighted by molar-refractivity contribution is -0.0499. The van der Waals surface area contributed by atoms with E-state index in [1.165, 1.54) is 19.2 Å². The van der Waals surface area contributed by atoms with Gasteiger partial charge in [0, 0.05) is 5.19 Å². The van der Waals surface area contributed by atoms with Crippen LogP contribution in [-0.4, -0.2) is 29.1 Å². The zero-order chi connectivity index (χ0) is 18.3. The summed E-state index contributed by atoms with van der Waals surface area (Å²) < 4.78 is 70.3. The molecule has 0 spiro atoms. The first-order chi connectivity index (χ1) is 10.1. The van der Waals surface area contributed by atoms with Crippen LogP contribution in [0, 0.1) is 0 Å². The molecule has 1 rings (SSSR count). The molecule has 132 valence electrons. The van der Waals surface area contributed by atoms with Gasteiger partial charge in [-0.05, 0) is 17.2 Å². The molecule has 0 aliphatic rings. The van der Waals surface area contributed by atoms with E-state index in [1.54, 1.807) is 6.07 Å². The number of hydrogen-bond acceptors (Lipinski definition) is 4. The highest BCUT2D eigenvalue weighted by molar-refractivity contribution is 7.88. The molecule has 0 radical (unpaired) electrons. The molecule has 0 amide bonds. The summed E-state index contributed by atoms with van der Waals surface area (Å²) in [6.45, 7) is 9.71. The third-order valence-corrected chi connectivity index (χ3v) is 10.6. The van der Waals surface area contributed by atoms with Crippen molar-refractivity contribution >= 4 is 23.4 Å².